The first-order valence-electron chi connectivity index (χ1n) is 8.43. The van der Waals surface area contributed by atoms with E-state index < -0.39 is 6.10 Å². The Hall–Kier alpha value is -2.57. The summed E-state index contributed by atoms with van der Waals surface area (Å²) in [6.07, 6.45) is -0.0175. The Balaban J connectivity index is 2.07. The van der Waals surface area contributed by atoms with Gasteiger partial charge >= 0.3 is 6.03 Å². The molecule has 0 aliphatic rings. The molecule has 1 unspecified atom stereocenters. The van der Waals surface area contributed by atoms with Gasteiger partial charge in [0, 0.05) is 31.8 Å². The number of ether oxygens (including phenoxy) is 2. The summed E-state index contributed by atoms with van der Waals surface area (Å²) in [6.45, 7) is 0.369. The summed E-state index contributed by atoms with van der Waals surface area (Å²) in [7, 11) is 4.77. The van der Waals surface area contributed by atoms with Gasteiger partial charge < -0.3 is 24.8 Å². The molecule has 2 aromatic carbocycles. The molecule has 0 heterocycles. The van der Waals surface area contributed by atoms with Crippen LogP contribution in [-0.4, -0.2) is 56.6 Å². The van der Waals surface area contributed by atoms with Gasteiger partial charge in [0.1, 0.15) is 5.75 Å². The first-order chi connectivity index (χ1) is 12.5. The molecule has 2 amide bonds. The SMILES string of the molecule is COCC(O)CN(C)C(=O)Nc1ccc(OC)c(Cc2ccccc2)c1. The van der Waals surface area contributed by atoms with Gasteiger partial charge in [-0.2, -0.15) is 0 Å². The van der Waals surface area contributed by atoms with Crippen molar-refractivity contribution in [3.05, 3.63) is 59.7 Å². The molecule has 1 atom stereocenters. The summed E-state index contributed by atoms with van der Waals surface area (Å²) in [5, 5.41) is 12.6. The van der Waals surface area contributed by atoms with Crippen LogP contribution in [0.15, 0.2) is 48.5 Å². The normalized spacial score (nSPS) is 11.7. The van der Waals surface area contributed by atoms with Crippen molar-refractivity contribution in [2.75, 3.05) is 39.7 Å². The number of nitrogens with one attached hydrogen (secondary N) is 1. The number of benzene rings is 2. The molecule has 0 bridgehead atoms. The number of aliphatic hydroxyl groups is 1. The Morgan fingerprint density at radius 1 is 1.19 bits per heavy atom. The van der Waals surface area contributed by atoms with E-state index in [-0.39, 0.29) is 19.2 Å². The van der Waals surface area contributed by atoms with Gasteiger partial charge in [0.05, 0.1) is 26.4 Å². The number of methoxy groups -OCH3 is 2. The van der Waals surface area contributed by atoms with E-state index >= 15 is 0 Å². The summed E-state index contributed by atoms with van der Waals surface area (Å²) < 4.78 is 10.3. The summed E-state index contributed by atoms with van der Waals surface area (Å²) in [5.41, 5.74) is 2.82. The number of rotatable bonds is 8. The van der Waals surface area contributed by atoms with Gasteiger partial charge in [0.15, 0.2) is 0 Å². The molecule has 0 saturated carbocycles. The first-order valence-corrected chi connectivity index (χ1v) is 8.43. The van der Waals surface area contributed by atoms with E-state index in [0.29, 0.717) is 12.1 Å². The van der Waals surface area contributed by atoms with Crippen LogP contribution in [0, 0.1) is 0 Å². The minimum Gasteiger partial charge on any atom is -0.496 e. The Morgan fingerprint density at radius 3 is 2.58 bits per heavy atom. The predicted molar refractivity (Wildman–Crippen MR) is 102 cm³/mol. The first kappa shape index (κ1) is 19.8. The maximum atomic E-state index is 12.3. The largest absolute Gasteiger partial charge is 0.496 e. The van der Waals surface area contributed by atoms with Crippen molar-refractivity contribution in [1.29, 1.82) is 0 Å². The number of nitrogens with zero attached hydrogens (tertiary/aromatic N) is 1. The quantitative estimate of drug-likeness (QED) is 0.761. The third-order valence-corrected chi connectivity index (χ3v) is 3.96. The molecule has 6 nitrogen and oxygen atoms in total. The molecular weight excluding hydrogens is 332 g/mol. The zero-order valence-electron chi connectivity index (χ0n) is 15.4. The minimum absolute atomic E-state index is 0.182. The van der Waals surface area contributed by atoms with Gasteiger partial charge in [-0.1, -0.05) is 30.3 Å². The lowest BCUT2D eigenvalue weighted by atomic mass is 10.0. The van der Waals surface area contributed by atoms with Crippen LogP contribution in [0.1, 0.15) is 11.1 Å². The third-order valence-electron chi connectivity index (χ3n) is 3.96. The van der Waals surface area contributed by atoms with E-state index in [1.165, 1.54) is 12.0 Å². The summed E-state index contributed by atoms with van der Waals surface area (Å²) in [6, 6.07) is 15.3. The van der Waals surface area contributed by atoms with Crippen LogP contribution in [-0.2, 0) is 11.2 Å². The van der Waals surface area contributed by atoms with Crippen molar-refractivity contribution in [3.8, 4) is 5.75 Å². The Bertz CT molecular complexity index is 706. The van der Waals surface area contributed by atoms with Gasteiger partial charge in [-0.25, -0.2) is 4.79 Å². The number of likely N-dealkylation sites (N-methyl/N-ethyl adjacent to an activating group) is 1. The fourth-order valence-corrected chi connectivity index (χ4v) is 2.67. The second kappa shape index (κ2) is 9.79. The number of hydrogen-bond acceptors (Lipinski definition) is 4. The predicted octanol–water partition coefficient (Wildman–Crippen LogP) is 2.76. The monoisotopic (exact) mass is 358 g/mol. The van der Waals surface area contributed by atoms with Crippen LogP contribution in [0.5, 0.6) is 5.75 Å². The Morgan fingerprint density at radius 2 is 1.92 bits per heavy atom. The average Bonchev–Trinajstić information content (AvgIpc) is 2.63. The van der Waals surface area contributed by atoms with Crippen molar-refractivity contribution in [2.45, 2.75) is 12.5 Å². The number of carbonyl (C=O) groups is 1. The van der Waals surface area contributed by atoms with Crippen molar-refractivity contribution < 1.29 is 19.4 Å². The van der Waals surface area contributed by atoms with E-state index in [4.69, 9.17) is 9.47 Å². The maximum absolute atomic E-state index is 12.3. The highest BCUT2D eigenvalue weighted by molar-refractivity contribution is 5.89. The van der Waals surface area contributed by atoms with Gasteiger partial charge in [0.25, 0.3) is 0 Å². The second-order valence-electron chi connectivity index (χ2n) is 6.11. The highest BCUT2D eigenvalue weighted by Gasteiger charge is 2.14. The summed E-state index contributed by atoms with van der Waals surface area (Å²) >= 11 is 0. The standard InChI is InChI=1S/C20H26N2O4/c1-22(13-18(23)14-25-2)20(24)21-17-9-10-19(26-3)16(12-17)11-15-7-5-4-6-8-15/h4-10,12,18,23H,11,13-14H2,1-3H3,(H,21,24). The zero-order valence-corrected chi connectivity index (χ0v) is 15.4. The molecule has 2 rings (SSSR count). The van der Waals surface area contributed by atoms with Gasteiger partial charge in [-0.05, 0) is 23.8 Å². The van der Waals surface area contributed by atoms with Crippen LogP contribution in [0.4, 0.5) is 10.5 Å². The summed E-state index contributed by atoms with van der Waals surface area (Å²) in [5.74, 6) is 0.774. The zero-order chi connectivity index (χ0) is 18.9. The average molecular weight is 358 g/mol. The molecule has 2 aromatic rings. The highest BCUT2D eigenvalue weighted by atomic mass is 16.5. The smallest absolute Gasteiger partial charge is 0.321 e. The molecule has 0 saturated heterocycles. The number of amides is 2. The molecule has 0 aromatic heterocycles. The van der Waals surface area contributed by atoms with Gasteiger partial charge in [-0.3, -0.25) is 0 Å². The molecule has 6 heteroatoms. The Kier molecular flexibility index (Phi) is 7.44. The fourth-order valence-electron chi connectivity index (χ4n) is 2.67. The second-order valence-corrected chi connectivity index (χ2v) is 6.11. The minimum atomic E-state index is -0.722. The third kappa shape index (κ3) is 5.75. The molecule has 140 valence electrons. The van der Waals surface area contributed by atoms with Crippen molar-refractivity contribution in [1.82, 2.24) is 4.90 Å². The lowest BCUT2D eigenvalue weighted by molar-refractivity contribution is 0.0501. The van der Waals surface area contributed by atoms with Crippen LogP contribution >= 0.6 is 0 Å². The molecule has 0 aliphatic carbocycles. The molecule has 2 N–H and O–H groups in total. The molecule has 0 spiro atoms. The van der Waals surface area contributed by atoms with E-state index in [9.17, 15) is 9.90 Å². The lowest BCUT2D eigenvalue weighted by Gasteiger charge is -2.21. The van der Waals surface area contributed by atoms with Crippen LogP contribution in [0.2, 0.25) is 0 Å². The van der Waals surface area contributed by atoms with Crippen molar-refractivity contribution in [3.63, 3.8) is 0 Å². The van der Waals surface area contributed by atoms with E-state index in [0.717, 1.165) is 16.9 Å². The van der Waals surface area contributed by atoms with Crippen molar-refractivity contribution >= 4 is 11.7 Å². The Labute approximate surface area is 154 Å². The van der Waals surface area contributed by atoms with Gasteiger partial charge in [-0.15, -0.1) is 0 Å². The summed E-state index contributed by atoms with van der Waals surface area (Å²) in [4.78, 5) is 13.7. The fraction of sp³-hybridized carbons (Fsp3) is 0.350. The number of urea groups is 1. The van der Waals surface area contributed by atoms with E-state index in [1.807, 2.05) is 30.3 Å². The van der Waals surface area contributed by atoms with E-state index in [2.05, 4.69) is 17.4 Å². The molecule has 0 fully saturated rings. The molecule has 0 aliphatic heterocycles. The highest BCUT2D eigenvalue weighted by Crippen LogP contribution is 2.25. The number of hydrogen-bond donors (Lipinski definition) is 2. The lowest BCUT2D eigenvalue weighted by Crippen LogP contribution is -2.38. The maximum Gasteiger partial charge on any atom is 0.321 e. The van der Waals surface area contributed by atoms with Crippen LogP contribution in [0.3, 0.4) is 0 Å². The molecule has 26 heavy (non-hydrogen) atoms. The molecule has 0 radical (unpaired) electrons. The van der Waals surface area contributed by atoms with Gasteiger partial charge in [0.2, 0.25) is 0 Å². The van der Waals surface area contributed by atoms with E-state index in [1.54, 1.807) is 20.2 Å². The topological polar surface area (TPSA) is 71.0 Å². The molecular formula is C20H26N2O4. The number of anilines is 1. The van der Waals surface area contributed by atoms with Crippen molar-refractivity contribution in [2.24, 2.45) is 0 Å². The van der Waals surface area contributed by atoms with Crippen LogP contribution < -0.4 is 10.1 Å². The number of aliphatic hydroxyl groups excluding tert-OH is 1. The number of carbonyl (C=O) groups excluding carboxylic acids is 1. The van der Waals surface area contributed by atoms with Crippen LogP contribution in [0.25, 0.3) is 0 Å².